The molecule has 2 aromatic rings. The highest BCUT2D eigenvalue weighted by Crippen LogP contribution is 2.16. The van der Waals surface area contributed by atoms with Crippen LogP contribution in [0.4, 0.5) is 0 Å². The third kappa shape index (κ3) is 5.08. The molecule has 1 aromatic carbocycles. The molecule has 140 valence electrons. The number of hydrogen-bond donors (Lipinski definition) is 1. The normalized spacial score (nSPS) is 10.8. The summed E-state index contributed by atoms with van der Waals surface area (Å²) in [5.74, 6) is -0.163. The van der Waals surface area contributed by atoms with Gasteiger partial charge in [-0.15, -0.1) is 0 Å². The third-order valence-corrected chi connectivity index (χ3v) is 3.92. The summed E-state index contributed by atoms with van der Waals surface area (Å²) < 4.78 is 6.96. The Morgan fingerprint density at radius 1 is 1.27 bits per heavy atom. The third-order valence-electron chi connectivity index (χ3n) is 3.92. The molecule has 0 saturated heterocycles. The Kier molecular flexibility index (Phi) is 6.38. The number of aromatic nitrogens is 2. The molecule has 1 amide bonds. The second-order valence-electron chi connectivity index (χ2n) is 6.71. The van der Waals surface area contributed by atoms with Gasteiger partial charge in [0.05, 0.1) is 11.8 Å². The molecule has 0 aliphatic carbocycles. The molecule has 26 heavy (non-hydrogen) atoms. The van der Waals surface area contributed by atoms with Gasteiger partial charge in [0.2, 0.25) is 0 Å². The Balaban J connectivity index is 2.00. The van der Waals surface area contributed by atoms with Gasteiger partial charge in [-0.3, -0.25) is 9.48 Å². The van der Waals surface area contributed by atoms with E-state index < -0.39 is 5.97 Å². The summed E-state index contributed by atoms with van der Waals surface area (Å²) in [4.78, 5) is 24.8. The highest BCUT2D eigenvalue weighted by Gasteiger charge is 2.18. The number of carboxylic acids is 1. The van der Waals surface area contributed by atoms with E-state index in [4.69, 9.17) is 9.84 Å². The van der Waals surface area contributed by atoms with E-state index in [0.29, 0.717) is 23.8 Å². The first kappa shape index (κ1) is 19.5. The van der Waals surface area contributed by atoms with Crippen LogP contribution in [-0.4, -0.2) is 45.3 Å². The van der Waals surface area contributed by atoms with Gasteiger partial charge in [0.25, 0.3) is 5.91 Å². The molecule has 0 atom stereocenters. The van der Waals surface area contributed by atoms with Crippen LogP contribution in [0.15, 0.2) is 30.5 Å². The predicted molar refractivity (Wildman–Crippen MR) is 97.2 cm³/mol. The van der Waals surface area contributed by atoms with E-state index in [1.54, 1.807) is 30.3 Å². The zero-order chi connectivity index (χ0) is 19.3. The van der Waals surface area contributed by atoms with Crippen molar-refractivity contribution >= 4 is 11.9 Å². The van der Waals surface area contributed by atoms with Gasteiger partial charge in [0.1, 0.15) is 5.75 Å². The van der Waals surface area contributed by atoms with E-state index in [1.165, 1.54) is 0 Å². The molecular weight excluding hydrogens is 334 g/mol. The van der Waals surface area contributed by atoms with E-state index in [2.05, 4.69) is 18.9 Å². The van der Waals surface area contributed by atoms with Crippen molar-refractivity contribution in [3.63, 3.8) is 0 Å². The van der Waals surface area contributed by atoms with Crippen molar-refractivity contribution in [2.24, 2.45) is 5.92 Å². The van der Waals surface area contributed by atoms with Crippen LogP contribution >= 0.6 is 0 Å². The Hall–Kier alpha value is -2.83. The Morgan fingerprint density at radius 2 is 1.92 bits per heavy atom. The monoisotopic (exact) mass is 359 g/mol. The highest BCUT2D eigenvalue weighted by atomic mass is 16.5. The average molecular weight is 359 g/mol. The minimum atomic E-state index is -1.02. The summed E-state index contributed by atoms with van der Waals surface area (Å²) in [6, 6.07) is 7.02. The predicted octanol–water partition coefficient (Wildman–Crippen LogP) is 2.58. The largest absolute Gasteiger partial charge is 0.482 e. The van der Waals surface area contributed by atoms with Crippen LogP contribution in [0.25, 0.3) is 0 Å². The number of rotatable bonds is 8. The molecule has 7 nitrogen and oxygen atoms in total. The van der Waals surface area contributed by atoms with Crippen molar-refractivity contribution in [1.82, 2.24) is 14.7 Å². The second kappa shape index (κ2) is 8.51. The number of carboxylic acid groups (broad SMARTS) is 1. The van der Waals surface area contributed by atoms with Gasteiger partial charge >= 0.3 is 5.97 Å². The minimum Gasteiger partial charge on any atom is -0.482 e. The molecule has 7 heteroatoms. The number of nitrogens with zero attached hydrogens (tertiary/aromatic N) is 3. The highest BCUT2D eigenvalue weighted by molar-refractivity contribution is 5.94. The molecule has 0 unspecified atom stereocenters. The van der Waals surface area contributed by atoms with Gasteiger partial charge in [-0.1, -0.05) is 26.0 Å². The van der Waals surface area contributed by atoms with Crippen molar-refractivity contribution in [2.75, 3.05) is 13.7 Å². The van der Waals surface area contributed by atoms with Crippen molar-refractivity contribution in [3.05, 3.63) is 47.3 Å². The molecule has 0 radical (unpaired) electrons. The summed E-state index contributed by atoms with van der Waals surface area (Å²) in [6.07, 6.45) is 1.62. The zero-order valence-corrected chi connectivity index (χ0v) is 15.6. The fraction of sp³-hybridized carbons (Fsp3) is 0.421. The zero-order valence-electron chi connectivity index (χ0n) is 15.6. The van der Waals surface area contributed by atoms with Crippen molar-refractivity contribution in [3.8, 4) is 5.75 Å². The minimum absolute atomic E-state index is 0.0799. The van der Waals surface area contributed by atoms with Crippen LogP contribution in [0.5, 0.6) is 5.75 Å². The molecule has 0 bridgehead atoms. The second-order valence-corrected chi connectivity index (χ2v) is 6.71. The number of carbonyl (C=O) groups excluding carboxylic acids is 1. The molecule has 0 aliphatic heterocycles. The molecule has 0 spiro atoms. The van der Waals surface area contributed by atoms with Crippen LogP contribution < -0.4 is 4.74 Å². The standard InChI is InChI=1S/C19H25N3O4/c1-13(2)10-22-14(3)17(9-20-22)19(25)21(4)11-15-5-7-16(8-6-15)26-12-18(23)24/h5-9,13H,10-12H2,1-4H3,(H,23,24). The summed E-state index contributed by atoms with van der Waals surface area (Å²) in [5.41, 5.74) is 2.40. The maximum absolute atomic E-state index is 12.7. The van der Waals surface area contributed by atoms with Gasteiger partial charge < -0.3 is 14.7 Å². The lowest BCUT2D eigenvalue weighted by Gasteiger charge is -2.17. The summed E-state index contributed by atoms with van der Waals surface area (Å²) in [5, 5.41) is 12.9. The first-order valence-electron chi connectivity index (χ1n) is 8.49. The quantitative estimate of drug-likeness (QED) is 0.783. The Labute approximate surface area is 153 Å². The van der Waals surface area contributed by atoms with E-state index in [1.807, 2.05) is 23.7 Å². The molecule has 1 N–H and O–H groups in total. The van der Waals surface area contributed by atoms with E-state index in [0.717, 1.165) is 17.8 Å². The number of hydrogen-bond acceptors (Lipinski definition) is 4. The number of carbonyl (C=O) groups is 2. The molecule has 1 heterocycles. The van der Waals surface area contributed by atoms with Gasteiger partial charge in [-0.2, -0.15) is 5.10 Å². The molecular formula is C19H25N3O4. The number of ether oxygens (including phenoxy) is 1. The number of aliphatic carboxylic acids is 1. The lowest BCUT2D eigenvalue weighted by atomic mass is 10.1. The topological polar surface area (TPSA) is 84.7 Å². The fourth-order valence-corrected chi connectivity index (χ4v) is 2.57. The maximum Gasteiger partial charge on any atom is 0.341 e. The number of benzene rings is 1. The van der Waals surface area contributed by atoms with Gasteiger partial charge in [0.15, 0.2) is 6.61 Å². The first-order chi connectivity index (χ1) is 12.3. The average Bonchev–Trinajstić information content (AvgIpc) is 2.93. The van der Waals surface area contributed by atoms with Gasteiger partial charge in [0, 0.05) is 25.8 Å². The van der Waals surface area contributed by atoms with Crippen molar-refractivity contribution in [2.45, 2.75) is 33.9 Å². The smallest absolute Gasteiger partial charge is 0.341 e. The van der Waals surface area contributed by atoms with Gasteiger partial charge in [-0.25, -0.2) is 4.79 Å². The van der Waals surface area contributed by atoms with E-state index in [9.17, 15) is 9.59 Å². The fourth-order valence-electron chi connectivity index (χ4n) is 2.57. The van der Waals surface area contributed by atoms with Crippen LogP contribution in [0.3, 0.4) is 0 Å². The molecule has 1 aromatic heterocycles. The summed E-state index contributed by atoms with van der Waals surface area (Å²) in [6.45, 7) is 6.97. The SMILES string of the molecule is Cc1c(C(=O)N(C)Cc2ccc(OCC(=O)O)cc2)cnn1CC(C)C. The lowest BCUT2D eigenvalue weighted by Crippen LogP contribution is -2.26. The van der Waals surface area contributed by atoms with Crippen LogP contribution in [0, 0.1) is 12.8 Å². The van der Waals surface area contributed by atoms with E-state index >= 15 is 0 Å². The van der Waals surface area contributed by atoms with Crippen LogP contribution in [0.1, 0.15) is 35.5 Å². The Bertz CT molecular complexity index is 766. The summed E-state index contributed by atoms with van der Waals surface area (Å²) >= 11 is 0. The van der Waals surface area contributed by atoms with Crippen LogP contribution in [0.2, 0.25) is 0 Å². The summed E-state index contributed by atoms with van der Waals surface area (Å²) in [7, 11) is 1.75. The molecule has 2 rings (SSSR count). The van der Waals surface area contributed by atoms with Crippen molar-refractivity contribution < 1.29 is 19.4 Å². The van der Waals surface area contributed by atoms with E-state index in [-0.39, 0.29) is 12.5 Å². The molecule has 0 aliphatic rings. The molecule has 0 saturated carbocycles. The number of amides is 1. The maximum atomic E-state index is 12.7. The van der Waals surface area contributed by atoms with Crippen LogP contribution in [-0.2, 0) is 17.9 Å². The molecule has 0 fully saturated rings. The van der Waals surface area contributed by atoms with Gasteiger partial charge in [-0.05, 0) is 30.5 Å². The first-order valence-corrected chi connectivity index (χ1v) is 8.49. The lowest BCUT2D eigenvalue weighted by molar-refractivity contribution is -0.139. The Morgan fingerprint density at radius 3 is 2.50 bits per heavy atom. The van der Waals surface area contributed by atoms with Crippen molar-refractivity contribution in [1.29, 1.82) is 0 Å².